The van der Waals surface area contributed by atoms with E-state index in [9.17, 15) is 18.8 Å². The van der Waals surface area contributed by atoms with Crippen molar-refractivity contribution in [1.29, 1.82) is 0 Å². The van der Waals surface area contributed by atoms with Crippen molar-refractivity contribution in [1.82, 2.24) is 0 Å². The van der Waals surface area contributed by atoms with Gasteiger partial charge in [0.15, 0.2) is 6.10 Å². The highest BCUT2D eigenvalue weighted by atomic mass is 19.1. The number of methoxy groups -OCH3 is 1. The lowest BCUT2D eigenvalue weighted by molar-refractivity contribution is -0.118. The van der Waals surface area contributed by atoms with Crippen LogP contribution in [0.3, 0.4) is 0 Å². The van der Waals surface area contributed by atoms with Gasteiger partial charge in [-0.1, -0.05) is 13.8 Å². The summed E-state index contributed by atoms with van der Waals surface area (Å²) in [5.41, 5.74) is 0.574. The highest BCUT2D eigenvalue weighted by Gasteiger charge is 2.22. The maximum atomic E-state index is 14.0. The molecule has 0 aliphatic rings. The van der Waals surface area contributed by atoms with Crippen LogP contribution in [-0.4, -0.2) is 30.9 Å². The molecule has 0 radical (unpaired) electrons. The van der Waals surface area contributed by atoms with Crippen molar-refractivity contribution in [2.24, 2.45) is 5.92 Å². The largest absolute Gasteiger partial charge is 0.497 e. The number of Topliss-reactive ketones (excluding diaryl/α,β-unsaturated/α-hetero) is 1. The molecule has 0 saturated heterocycles. The number of esters is 1. The SMILES string of the molecule is COc1ccc(C(=O)O[C@H](C)C(=O)c2ccc(NC(=O)C(C)C)cc2)c(F)c1. The molecule has 2 aromatic rings. The maximum absolute atomic E-state index is 14.0. The summed E-state index contributed by atoms with van der Waals surface area (Å²) in [6, 6.07) is 9.95. The second kappa shape index (κ2) is 9.12. The number of ether oxygens (including phenoxy) is 2. The van der Waals surface area contributed by atoms with Gasteiger partial charge >= 0.3 is 5.97 Å². The second-order valence-corrected chi connectivity index (χ2v) is 6.48. The summed E-state index contributed by atoms with van der Waals surface area (Å²) in [6.07, 6.45) is -1.11. The van der Waals surface area contributed by atoms with E-state index >= 15 is 0 Å². The molecule has 6 nitrogen and oxygen atoms in total. The van der Waals surface area contributed by atoms with Crippen LogP contribution in [0.5, 0.6) is 5.75 Å². The van der Waals surface area contributed by atoms with Gasteiger partial charge in [0, 0.05) is 23.2 Å². The first-order valence-corrected chi connectivity index (χ1v) is 8.72. The lowest BCUT2D eigenvalue weighted by Crippen LogP contribution is -2.25. The molecular weight excluding hydrogens is 365 g/mol. The number of halogens is 1. The summed E-state index contributed by atoms with van der Waals surface area (Å²) < 4.78 is 23.9. The molecular formula is C21H22FNO5. The third kappa shape index (κ3) is 5.16. The van der Waals surface area contributed by atoms with Crippen molar-refractivity contribution >= 4 is 23.3 Å². The van der Waals surface area contributed by atoms with Crippen LogP contribution in [0.1, 0.15) is 41.5 Å². The van der Waals surface area contributed by atoms with Crippen molar-refractivity contribution in [3.8, 4) is 5.75 Å². The average Bonchev–Trinajstić information content (AvgIpc) is 2.67. The average molecular weight is 387 g/mol. The van der Waals surface area contributed by atoms with E-state index in [0.717, 1.165) is 6.07 Å². The molecule has 0 spiro atoms. The third-order valence-electron chi connectivity index (χ3n) is 4.01. The molecule has 0 saturated carbocycles. The Labute approximate surface area is 162 Å². The molecule has 1 amide bonds. The lowest BCUT2D eigenvalue weighted by atomic mass is 10.1. The number of hydrogen-bond donors (Lipinski definition) is 1. The molecule has 0 aliphatic carbocycles. The van der Waals surface area contributed by atoms with Crippen LogP contribution in [0.2, 0.25) is 0 Å². The molecule has 2 aromatic carbocycles. The van der Waals surface area contributed by atoms with Gasteiger partial charge in [0.05, 0.1) is 12.7 Å². The molecule has 0 fully saturated rings. The van der Waals surface area contributed by atoms with Crippen molar-refractivity contribution < 1.29 is 28.2 Å². The first kappa shape index (κ1) is 21.1. The fourth-order valence-electron chi connectivity index (χ4n) is 2.31. The van der Waals surface area contributed by atoms with Gasteiger partial charge in [0.1, 0.15) is 11.6 Å². The number of ketones is 1. The summed E-state index contributed by atoms with van der Waals surface area (Å²) in [5, 5.41) is 2.72. The van der Waals surface area contributed by atoms with Crippen LogP contribution in [0.25, 0.3) is 0 Å². The van der Waals surface area contributed by atoms with Gasteiger partial charge in [0.2, 0.25) is 11.7 Å². The van der Waals surface area contributed by atoms with Crippen LogP contribution >= 0.6 is 0 Å². The first-order chi connectivity index (χ1) is 13.2. The van der Waals surface area contributed by atoms with Gasteiger partial charge in [-0.15, -0.1) is 0 Å². The van der Waals surface area contributed by atoms with E-state index in [1.807, 2.05) is 0 Å². The number of rotatable bonds is 7. The van der Waals surface area contributed by atoms with Crippen molar-refractivity contribution in [2.75, 3.05) is 12.4 Å². The molecule has 7 heteroatoms. The summed E-state index contributed by atoms with van der Waals surface area (Å²) in [4.78, 5) is 36.3. The topological polar surface area (TPSA) is 81.7 Å². The Hall–Kier alpha value is -3.22. The fraction of sp³-hybridized carbons (Fsp3) is 0.286. The molecule has 1 N–H and O–H groups in total. The first-order valence-electron chi connectivity index (χ1n) is 8.72. The van der Waals surface area contributed by atoms with E-state index < -0.39 is 23.7 Å². The predicted molar refractivity (Wildman–Crippen MR) is 102 cm³/mol. The number of nitrogens with one attached hydrogen (secondary N) is 1. The van der Waals surface area contributed by atoms with Crippen molar-refractivity contribution in [3.63, 3.8) is 0 Å². The van der Waals surface area contributed by atoms with Crippen molar-refractivity contribution in [3.05, 3.63) is 59.4 Å². The van der Waals surface area contributed by atoms with Crippen LogP contribution in [-0.2, 0) is 9.53 Å². The predicted octanol–water partition coefficient (Wildman–Crippen LogP) is 3.86. The quantitative estimate of drug-likeness (QED) is 0.576. The monoisotopic (exact) mass is 387 g/mol. The van der Waals surface area contributed by atoms with Gasteiger partial charge < -0.3 is 14.8 Å². The summed E-state index contributed by atoms with van der Waals surface area (Å²) in [6.45, 7) is 4.96. The Balaban J connectivity index is 2.04. The number of anilines is 1. The zero-order chi connectivity index (χ0) is 20.8. The van der Waals surface area contributed by atoms with E-state index in [1.54, 1.807) is 26.0 Å². The molecule has 0 unspecified atom stereocenters. The minimum atomic E-state index is -1.11. The van der Waals surface area contributed by atoms with Crippen LogP contribution < -0.4 is 10.1 Å². The minimum Gasteiger partial charge on any atom is -0.497 e. The molecule has 28 heavy (non-hydrogen) atoms. The van der Waals surface area contributed by atoms with Gasteiger partial charge in [-0.2, -0.15) is 0 Å². The van der Waals surface area contributed by atoms with Crippen LogP contribution in [0.15, 0.2) is 42.5 Å². The molecule has 0 heterocycles. The summed E-state index contributed by atoms with van der Waals surface area (Å²) in [7, 11) is 1.38. The van der Waals surface area contributed by atoms with Crippen LogP contribution in [0, 0.1) is 11.7 Å². The summed E-state index contributed by atoms with van der Waals surface area (Å²) >= 11 is 0. The number of carbonyl (C=O) groups excluding carboxylic acids is 3. The number of hydrogen-bond acceptors (Lipinski definition) is 5. The smallest absolute Gasteiger partial charge is 0.341 e. The Morgan fingerprint density at radius 2 is 1.64 bits per heavy atom. The number of amides is 1. The number of carbonyl (C=O) groups is 3. The van der Waals surface area contributed by atoms with E-state index in [-0.39, 0.29) is 23.1 Å². The highest BCUT2D eigenvalue weighted by molar-refractivity contribution is 6.02. The Morgan fingerprint density at radius 1 is 1.00 bits per heavy atom. The Morgan fingerprint density at radius 3 is 2.18 bits per heavy atom. The van der Waals surface area contributed by atoms with E-state index in [4.69, 9.17) is 9.47 Å². The third-order valence-corrected chi connectivity index (χ3v) is 4.01. The summed E-state index contributed by atoms with van der Waals surface area (Å²) in [5.74, 6) is -2.22. The lowest BCUT2D eigenvalue weighted by Gasteiger charge is -2.14. The fourth-order valence-corrected chi connectivity index (χ4v) is 2.31. The van der Waals surface area contributed by atoms with E-state index in [1.165, 1.54) is 38.3 Å². The molecule has 0 aromatic heterocycles. The molecule has 0 bridgehead atoms. The molecule has 2 rings (SSSR count). The zero-order valence-electron chi connectivity index (χ0n) is 16.1. The van der Waals surface area contributed by atoms with Crippen LogP contribution in [0.4, 0.5) is 10.1 Å². The Kier molecular flexibility index (Phi) is 6.87. The zero-order valence-corrected chi connectivity index (χ0v) is 16.1. The van der Waals surface area contributed by atoms with Crippen molar-refractivity contribution in [2.45, 2.75) is 26.9 Å². The second-order valence-electron chi connectivity index (χ2n) is 6.48. The van der Waals surface area contributed by atoms with Gasteiger partial charge in [-0.25, -0.2) is 9.18 Å². The number of benzene rings is 2. The van der Waals surface area contributed by atoms with E-state index in [2.05, 4.69) is 5.32 Å². The normalized spacial score (nSPS) is 11.6. The van der Waals surface area contributed by atoms with Gasteiger partial charge in [-0.3, -0.25) is 9.59 Å². The molecule has 1 atom stereocenters. The standard InChI is InChI=1S/C21H22FNO5/c1-12(2)20(25)23-15-7-5-14(6-8-15)19(24)13(3)28-21(26)17-10-9-16(27-4)11-18(17)22/h5-13H,1-4H3,(H,23,25)/t13-/m1/s1. The minimum absolute atomic E-state index is 0.136. The highest BCUT2D eigenvalue weighted by Crippen LogP contribution is 2.19. The van der Waals surface area contributed by atoms with Gasteiger partial charge in [-0.05, 0) is 43.3 Å². The Bertz CT molecular complexity index is 877. The maximum Gasteiger partial charge on any atom is 0.341 e. The molecule has 148 valence electrons. The van der Waals surface area contributed by atoms with E-state index in [0.29, 0.717) is 11.3 Å². The molecule has 0 aliphatic heterocycles. The van der Waals surface area contributed by atoms with Gasteiger partial charge in [0.25, 0.3) is 0 Å².